The Labute approximate surface area is 172 Å². The number of ether oxygens (including phenoxy) is 1. The smallest absolute Gasteiger partial charge is 0.309 e. The molecule has 154 valence electrons. The van der Waals surface area contributed by atoms with E-state index in [4.69, 9.17) is 9.72 Å². The van der Waals surface area contributed by atoms with Gasteiger partial charge in [0.1, 0.15) is 11.9 Å². The van der Waals surface area contributed by atoms with E-state index >= 15 is 0 Å². The van der Waals surface area contributed by atoms with Crippen molar-refractivity contribution in [3.05, 3.63) is 53.1 Å². The Morgan fingerprint density at radius 2 is 2.03 bits per heavy atom. The number of aromatic nitrogens is 3. The van der Waals surface area contributed by atoms with Crippen molar-refractivity contribution in [2.45, 2.75) is 50.7 Å². The number of halogens is 1. The third-order valence-electron chi connectivity index (χ3n) is 5.71. The summed E-state index contributed by atoms with van der Waals surface area (Å²) in [5.41, 5.74) is 5.21. The molecule has 3 heterocycles. The maximum absolute atomic E-state index is 13.6. The first kappa shape index (κ1) is 18.9. The molecular formula is C23H22FN3O3. The summed E-state index contributed by atoms with van der Waals surface area (Å²) in [6, 6.07) is 6.41. The Kier molecular flexibility index (Phi) is 4.62. The minimum Gasteiger partial charge on any atom is -0.458 e. The fourth-order valence-corrected chi connectivity index (χ4v) is 4.12. The monoisotopic (exact) mass is 407 g/mol. The number of carbonyl (C=O) groups excluding carboxylic acids is 1. The number of fused-ring (bicyclic) bond motifs is 1. The fraction of sp³-hybridized carbons (Fsp3) is 0.348. The van der Waals surface area contributed by atoms with Crippen LogP contribution in [0.1, 0.15) is 48.6 Å². The topological polar surface area (TPSA) is 88.1 Å². The molecule has 3 aromatic rings. The number of hydrogen-bond donors (Lipinski definition) is 2. The summed E-state index contributed by atoms with van der Waals surface area (Å²) in [5.74, 6) is -0.343. The van der Waals surface area contributed by atoms with Gasteiger partial charge in [0, 0.05) is 29.2 Å². The van der Waals surface area contributed by atoms with Crippen LogP contribution in [0.5, 0.6) is 0 Å². The average molecular weight is 407 g/mol. The molecule has 0 unspecified atom stereocenters. The molecule has 2 aliphatic rings. The predicted molar refractivity (Wildman–Crippen MR) is 110 cm³/mol. The molecule has 6 nitrogen and oxygen atoms in total. The normalized spacial score (nSPS) is 22.0. The number of rotatable bonds is 4. The highest BCUT2D eigenvalue weighted by atomic mass is 19.1. The van der Waals surface area contributed by atoms with Crippen LogP contribution >= 0.6 is 0 Å². The third-order valence-corrected chi connectivity index (χ3v) is 5.71. The summed E-state index contributed by atoms with van der Waals surface area (Å²) in [6.07, 6.45) is 5.07. The van der Waals surface area contributed by atoms with Crippen LogP contribution in [0.2, 0.25) is 0 Å². The second kappa shape index (κ2) is 7.32. The van der Waals surface area contributed by atoms with Crippen LogP contribution in [0.3, 0.4) is 0 Å². The van der Waals surface area contributed by atoms with Crippen LogP contribution in [-0.4, -0.2) is 38.5 Å². The molecule has 7 heteroatoms. The molecule has 5 rings (SSSR count). The van der Waals surface area contributed by atoms with Gasteiger partial charge < -0.3 is 9.84 Å². The van der Waals surface area contributed by atoms with E-state index in [0.29, 0.717) is 18.0 Å². The van der Waals surface area contributed by atoms with Crippen molar-refractivity contribution >= 4 is 23.1 Å². The van der Waals surface area contributed by atoms with Gasteiger partial charge in [0.05, 0.1) is 23.6 Å². The Morgan fingerprint density at radius 3 is 2.73 bits per heavy atom. The summed E-state index contributed by atoms with van der Waals surface area (Å²) in [7, 11) is 0. The van der Waals surface area contributed by atoms with Crippen molar-refractivity contribution in [3.63, 3.8) is 0 Å². The average Bonchev–Trinajstić information content (AvgIpc) is 3.49. The number of cyclic esters (lactones) is 1. The summed E-state index contributed by atoms with van der Waals surface area (Å²) in [4.78, 5) is 16.5. The SMILES string of the molecule is Cc1[nH]nc2nc(C3CC3)c(C=C[C@@H]3C[C@@H](O)CC(=O)O3)c(-c3ccc(F)cc3)c12. The van der Waals surface area contributed by atoms with Crippen molar-refractivity contribution in [1.82, 2.24) is 15.2 Å². The Morgan fingerprint density at radius 1 is 1.27 bits per heavy atom. The van der Waals surface area contributed by atoms with Gasteiger partial charge >= 0.3 is 5.97 Å². The molecule has 2 fully saturated rings. The number of hydrogen-bond acceptors (Lipinski definition) is 5. The second-order valence-corrected chi connectivity index (χ2v) is 8.10. The van der Waals surface area contributed by atoms with Gasteiger partial charge in [0.25, 0.3) is 0 Å². The van der Waals surface area contributed by atoms with E-state index in [1.807, 2.05) is 19.1 Å². The second-order valence-electron chi connectivity index (χ2n) is 8.10. The Balaban J connectivity index is 1.68. The maximum atomic E-state index is 13.6. The lowest BCUT2D eigenvalue weighted by Crippen LogP contribution is -2.31. The van der Waals surface area contributed by atoms with Crippen LogP contribution in [0.4, 0.5) is 4.39 Å². The van der Waals surface area contributed by atoms with Gasteiger partial charge in [0.15, 0.2) is 5.65 Å². The number of benzene rings is 1. The van der Waals surface area contributed by atoms with Crippen LogP contribution in [0.15, 0.2) is 30.3 Å². The van der Waals surface area contributed by atoms with Crippen molar-refractivity contribution in [2.75, 3.05) is 0 Å². The number of aromatic amines is 1. The standard InChI is InChI=1S/C23H22FN3O3/c1-12-20-21(13-4-6-15(24)7-5-13)18(9-8-17-10-16(28)11-19(29)30-17)22(14-2-3-14)25-23(20)27-26-12/h4-9,14,16-17,28H,2-3,10-11H2,1H3,(H,25,26,27)/t16-,17-/m1/s1. The van der Waals surface area contributed by atoms with E-state index in [-0.39, 0.29) is 12.2 Å². The molecule has 1 saturated heterocycles. The zero-order valence-electron chi connectivity index (χ0n) is 16.6. The quantitative estimate of drug-likeness (QED) is 0.638. The molecule has 0 spiro atoms. The third kappa shape index (κ3) is 3.50. The van der Waals surface area contributed by atoms with Crippen molar-refractivity contribution in [1.29, 1.82) is 0 Å². The summed E-state index contributed by atoms with van der Waals surface area (Å²) in [6.45, 7) is 1.94. The van der Waals surface area contributed by atoms with E-state index in [1.165, 1.54) is 12.1 Å². The van der Waals surface area contributed by atoms with E-state index in [9.17, 15) is 14.3 Å². The van der Waals surface area contributed by atoms with Crippen molar-refractivity contribution < 1.29 is 19.0 Å². The number of nitrogens with zero attached hydrogens (tertiary/aromatic N) is 2. The summed E-state index contributed by atoms with van der Waals surface area (Å²) in [5, 5.41) is 18.2. The maximum Gasteiger partial charge on any atom is 0.309 e. The van der Waals surface area contributed by atoms with Gasteiger partial charge in [-0.2, -0.15) is 5.10 Å². The minimum atomic E-state index is -0.697. The molecule has 2 N–H and O–H groups in total. The Bertz CT molecular complexity index is 1150. The lowest BCUT2D eigenvalue weighted by atomic mass is 9.92. The van der Waals surface area contributed by atoms with Gasteiger partial charge in [-0.05, 0) is 43.5 Å². The first-order valence-corrected chi connectivity index (χ1v) is 10.2. The van der Waals surface area contributed by atoms with Crippen LogP contribution in [-0.2, 0) is 9.53 Å². The van der Waals surface area contributed by atoms with Crippen LogP contribution in [0, 0.1) is 12.7 Å². The number of aliphatic hydroxyl groups is 1. The van der Waals surface area contributed by atoms with Crippen molar-refractivity contribution in [2.24, 2.45) is 0 Å². The van der Waals surface area contributed by atoms with E-state index in [0.717, 1.165) is 46.3 Å². The number of aryl methyl sites for hydroxylation is 1. The van der Waals surface area contributed by atoms with Gasteiger partial charge in [-0.3, -0.25) is 9.89 Å². The number of H-pyrrole nitrogens is 1. The molecule has 2 atom stereocenters. The first-order valence-electron chi connectivity index (χ1n) is 10.2. The van der Waals surface area contributed by atoms with E-state index in [1.54, 1.807) is 12.1 Å². The molecule has 2 aromatic heterocycles. The zero-order valence-corrected chi connectivity index (χ0v) is 16.6. The molecule has 1 aromatic carbocycles. The lowest BCUT2D eigenvalue weighted by Gasteiger charge is -2.23. The number of esters is 1. The lowest BCUT2D eigenvalue weighted by molar-refractivity contribution is -0.156. The molecule has 0 amide bonds. The number of carbonyl (C=O) groups is 1. The van der Waals surface area contributed by atoms with Gasteiger partial charge in [-0.25, -0.2) is 9.37 Å². The molecular weight excluding hydrogens is 385 g/mol. The first-order chi connectivity index (χ1) is 14.5. The Hall–Kier alpha value is -3.06. The minimum absolute atomic E-state index is 0.0280. The van der Waals surface area contributed by atoms with Gasteiger partial charge in [-0.1, -0.05) is 18.2 Å². The van der Waals surface area contributed by atoms with Gasteiger partial charge in [-0.15, -0.1) is 0 Å². The highest BCUT2D eigenvalue weighted by molar-refractivity contribution is 5.99. The molecule has 0 bridgehead atoms. The molecule has 1 aliphatic carbocycles. The molecule has 1 aliphatic heterocycles. The van der Waals surface area contributed by atoms with Crippen LogP contribution in [0.25, 0.3) is 28.2 Å². The highest BCUT2D eigenvalue weighted by Gasteiger charge is 2.31. The largest absolute Gasteiger partial charge is 0.458 e. The molecule has 1 saturated carbocycles. The summed E-state index contributed by atoms with van der Waals surface area (Å²) >= 11 is 0. The predicted octanol–water partition coefficient (Wildman–Crippen LogP) is 4.03. The zero-order chi connectivity index (χ0) is 20.8. The van der Waals surface area contributed by atoms with Crippen LogP contribution < -0.4 is 0 Å². The van der Waals surface area contributed by atoms with Gasteiger partial charge in [0.2, 0.25) is 0 Å². The number of aliphatic hydroxyl groups excluding tert-OH is 1. The summed E-state index contributed by atoms with van der Waals surface area (Å²) < 4.78 is 19.0. The molecule has 0 radical (unpaired) electrons. The van der Waals surface area contributed by atoms with E-state index < -0.39 is 18.2 Å². The number of nitrogens with one attached hydrogen (secondary N) is 1. The highest BCUT2D eigenvalue weighted by Crippen LogP contribution is 2.45. The van der Waals surface area contributed by atoms with Crippen molar-refractivity contribution in [3.8, 4) is 11.1 Å². The van der Waals surface area contributed by atoms with E-state index in [2.05, 4.69) is 10.2 Å². The number of pyridine rings is 1. The molecule has 30 heavy (non-hydrogen) atoms. The fourth-order valence-electron chi connectivity index (χ4n) is 4.12.